The molecule has 4 N–H and O–H groups in total. The minimum Gasteiger partial charge on any atom is -0.396 e. The van der Waals surface area contributed by atoms with Gasteiger partial charge in [0.1, 0.15) is 5.52 Å². The normalized spacial score (nSPS) is 13.1. The van der Waals surface area contributed by atoms with Gasteiger partial charge in [0.05, 0.1) is 12.0 Å². The number of anilines is 1. The Morgan fingerprint density at radius 1 is 1.50 bits per heavy atom. The number of aryl methyl sites for hydroxylation is 1. The Morgan fingerprint density at radius 3 is 3.06 bits per heavy atom. The molecule has 0 saturated heterocycles. The monoisotopic (exact) mass is 221 g/mol. The molecule has 0 bridgehead atoms. The van der Waals surface area contributed by atoms with Crippen molar-refractivity contribution in [3.05, 3.63) is 12.0 Å². The van der Waals surface area contributed by atoms with E-state index in [2.05, 4.69) is 19.9 Å². The Morgan fingerprint density at radius 2 is 2.31 bits per heavy atom. The molecular formula is C10H15N5O. The van der Waals surface area contributed by atoms with E-state index in [9.17, 15) is 0 Å². The summed E-state index contributed by atoms with van der Waals surface area (Å²) in [4.78, 5) is 15.3. The molecular weight excluding hydrogens is 206 g/mol. The number of aliphatic hydroxyl groups excluding tert-OH is 1. The molecule has 1 atom stereocenters. The van der Waals surface area contributed by atoms with Gasteiger partial charge in [-0.05, 0) is 18.8 Å². The number of rotatable bonds is 4. The van der Waals surface area contributed by atoms with Gasteiger partial charge in [-0.1, -0.05) is 6.92 Å². The quantitative estimate of drug-likeness (QED) is 0.697. The van der Waals surface area contributed by atoms with Crippen LogP contribution in [0.2, 0.25) is 0 Å². The predicted molar refractivity (Wildman–Crippen MR) is 60.7 cm³/mol. The van der Waals surface area contributed by atoms with Crippen molar-refractivity contribution in [2.75, 3.05) is 12.3 Å². The van der Waals surface area contributed by atoms with Gasteiger partial charge in [-0.3, -0.25) is 0 Å². The molecule has 86 valence electrons. The van der Waals surface area contributed by atoms with Crippen LogP contribution in [0.3, 0.4) is 0 Å². The summed E-state index contributed by atoms with van der Waals surface area (Å²) in [6, 6.07) is 0. The van der Waals surface area contributed by atoms with Crippen molar-refractivity contribution in [1.82, 2.24) is 19.9 Å². The third-order valence-corrected chi connectivity index (χ3v) is 2.56. The van der Waals surface area contributed by atoms with Gasteiger partial charge in [0.25, 0.3) is 0 Å². The topological polar surface area (TPSA) is 101 Å². The van der Waals surface area contributed by atoms with Crippen molar-refractivity contribution in [1.29, 1.82) is 0 Å². The summed E-state index contributed by atoms with van der Waals surface area (Å²) in [7, 11) is 0. The van der Waals surface area contributed by atoms with Gasteiger partial charge in [0.2, 0.25) is 5.95 Å². The van der Waals surface area contributed by atoms with Crippen LogP contribution in [0.1, 0.15) is 19.0 Å². The van der Waals surface area contributed by atoms with E-state index in [-0.39, 0.29) is 18.5 Å². The molecule has 0 aliphatic rings. The number of imidazole rings is 1. The van der Waals surface area contributed by atoms with Crippen molar-refractivity contribution in [3.8, 4) is 0 Å². The Bertz CT molecular complexity index is 481. The average molecular weight is 221 g/mol. The molecule has 0 radical (unpaired) electrons. The second-order valence-corrected chi connectivity index (χ2v) is 3.96. The van der Waals surface area contributed by atoms with Gasteiger partial charge in [0.15, 0.2) is 5.65 Å². The van der Waals surface area contributed by atoms with Crippen molar-refractivity contribution in [3.63, 3.8) is 0 Å². The average Bonchev–Trinajstić information content (AvgIpc) is 2.73. The summed E-state index contributed by atoms with van der Waals surface area (Å²) < 4.78 is 0. The fourth-order valence-corrected chi connectivity index (χ4v) is 1.57. The third-order valence-electron chi connectivity index (χ3n) is 2.56. The predicted octanol–water partition coefficient (Wildman–Crippen LogP) is 0.496. The summed E-state index contributed by atoms with van der Waals surface area (Å²) in [5, 5.41) is 8.96. The van der Waals surface area contributed by atoms with Gasteiger partial charge in [-0.2, -0.15) is 4.98 Å². The Hall–Kier alpha value is -1.69. The number of aromatic nitrogens is 4. The first kappa shape index (κ1) is 10.8. The number of hydrogen-bond donors (Lipinski definition) is 3. The third kappa shape index (κ3) is 2.11. The largest absolute Gasteiger partial charge is 0.396 e. The lowest BCUT2D eigenvalue weighted by Gasteiger charge is -2.07. The maximum atomic E-state index is 8.96. The van der Waals surface area contributed by atoms with Crippen LogP contribution in [0.4, 0.5) is 5.95 Å². The summed E-state index contributed by atoms with van der Waals surface area (Å²) in [5.41, 5.74) is 7.89. The van der Waals surface area contributed by atoms with Crippen LogP contribution < -0.4 is 5.73 Å². The van der Waals surface area contributed by atoms with Crippen LogP contribution in [0.15, 0.2) is 6.33 Å². The standard InChI is InChI=1S/C10H15N5O/c1-6(4-16)2-3-7-8-9(13-5-12-8)15-10(11)14-7/h5-6,16H,2-4H2,1H3,(H3,11,12,13,14,15). The first-order valence-corrected chi connectivity index (χ1v) is 5.27. The number of nitrogens with two attached hydrogens (primary N) is 1. The summed E-state index contributed by atoms with van der Waals surface area (Å²) >= 11 is 0. The number of aliphatic hydroxyl groups is 1. The summed E-state index contributed by atoms with van der Waals surface area (Å²) in [5.74, 6) is 0.500. The maximum Gasteiger partial charge on any atom is 0.222 e. The minimum absolute atomic E-state index is 0.187. The molecule has 2 aromatic rings. The van der Waals surface area contributed by atoms with E-state index in [1.54, 1.807) is 6.33 Å². The lowest BCUT2D eigenvalue weighted by Crippen LogP contribution is -2.05. The molecule has 0 aromatic carbocycles. The highest BCUT2D eigenvalue weighted by Crippen LogP contribution is 2.15. The lowest BCUT2D eigenvalue weighted by atomic mass is 10.0. The van der Waals surface area contributed by atoms with Gasteiger partial charge in [0, 0.05) is 6.61 Å². The van der Waals surface area contributed by atoms with Crippen LogP contribution in [0.5, 0.6) is 0 Å². The lowest BCUT2D eigenvalue weighted by molar-refractivity contribution is 0.230. The zero-order chi connectivity index (χ0) is 11.5. The molecule has 1 unspecified atom stereocenters. The Kier molecular flexibility index (Phi) is 3.00. The van der Waals surface area contributed by atoms with E-state index in [0.717, 1.165) is 24.1 Å². The molecule has 0 spiro atoms. The van der Waals surface area contributed by atoms with E-state index >= 15 is 0 Å². The molecule has 16 heavy (non-hydrogen) atoms. The van der Waals surface area contributed by atoms with Crippen LogP contribution >= 0.6 is 0 Å². The first-order valence-electron chi connectivity index (χ1n) is 5.27. The van der Waals surface area contributed by atoms with E-state index < -0.39 is 0 Å². The Balaban J connectivity index is 2.25. The zero-order valence-corrected chi connectivity index (χ0v) is 9.14. The summed E-state index contributed by atoms with van der Waals surface area (Å²) in [6.07, 6.45) is 3.20. The maximum absolute atomic E-state index is 8.96. The van der Waals surface area contributed by atoms with Gasteiger partial charge >= 0.3 is 0 Å². The SMILES string of the molecule is CC(CO)CCc1nc(N)nc2nc[nH]c12. The van der Waals surface area contributed by atoms with Crippen LogP contribution in [-0.2, 0) is 6.42 Å². The molecule has 0 saturated carbocycles. The highest BCUT2D eigenvalue weighted by molar-refractivity contribution is 5.73. The summed E-state index contributed by atoms with van der Waals surface area (Å²) in [6.45, 7) is 2.18. The number of H-pyrrole nitrogens is 1. The molecule has 6 heteroatoms. The molecule has 2 aromatic heterocycles. The number of nitrogens with zero attached hydrogens (tertiary/aromatic N) is 3. The molecule has 0 aliphatic carbocycles. The van der Waals surface area contributed by atoms with E-state index in [0.29, 0.717) is 5.65 Å². The molecule has 6 nitrogen and oxygen atoms in total. The Labute approximate surface area is 92.9 Å². The minimum atomic E-state index is 0.187. The smallest absolute Gasteiger partial charge is 0.222 e. The van der Waals surface area contributed by atoms with Crippen molar-refractivity contribution in [2.24, 2.45) is 5.92 Å². The van der Waals surface area contributed by atoms with E-state index in [1.807, 2.05) is 6.92 Å². The van der Waals surface area contributed by atoms with Crippen LogP contribution in [-0.4, -0.2) is 31.6 Å². The number of nitrogens with one attached hydrogen (secondary N) is 1. The van der Waals surface area contributed by atoms with Crippen LogP contribution in [0, 0.1) is 5.92 Å². The van der Waals surface area contributed by atoms with Crippen molar-refractivity contribution in [2.45, 2.75) is 19.8 Å². The van der Waals surface area contributed by atoms with Gasteiger partial charge < -0.3 is 15.8 Å². The fourth-order valence-electron chi connectivity index (χ4n) is 1.57. The van der Waals surface area contributed by atoms with Gasteiger partial charge in [-0.25, -0.2) is 9.97 Å². The number of aromatic amines is 1. The molecule has 0 fully saturated rings. The van der Waals surface area contributed by atoms with Crippen molar-refractivity contribution < 1.29 is 5.11 Å². The first-order chi connectivity index (χ1) is 7.70. The zero-order valence-electron chi connectivity index (χ0n) is 9.14. The number of nitrogen functional groups attached to an aromatic ring is 1. The molecule has 0 aliphatic heterocycles. The van der Waals surface area contributed by atoms with Crippen LogP contribution in [0.25, 0.3) is 11.2 Å². The highest BCUT2D eigenvalue weighted by Gasteiger charge is 2.09. The second kappa shape index (κ2) is 4.44. The second-order valence-electron chi connectivity index (χ2n) is 3.96. The van der Waals surface area contributed by atoms with Crippen molar-refractivity contribution >= 4 is 17.1 Å². The molecule has 2 rings (SSSR count). The van der Waals surface area contributed by atoms with Gasteiger partial charge in [-0.15, -0.1) is 0 Å². The number of hydrogen-bond acceptors (Lipinski definition) is 5. The molecule has 0 amide bonds. The van der Waals surface area contributed by atoms with E-state index in [4.69, 9.17) is 10.8 Å². The highest BCUT2D eigenvalue weighted by atomic mass is 16.3. The fraction of sp³-hybridized carbons (Fsp3) is 0.500. The molecule has 2 heterocycles. The van der Waals surface area contributed by atoms with E-state index in [1.165, 1.54) is 0 Å². The number of fused-ring (bicyclic) bond motifs is 1.